The fourth-order valence-corrected chi connectivity index (χ4v) is 1.85. The number of nitrogens with one attached hydrogen (secondary N) is 1. The Hall–Kier alpha value is -1.64. The standard InChI is InChI=1S/C14H19NO2/c1-10-7-5-6-8-12(10)14(3,4)9-15-13(17)11(2)16/h5-8H,9H2,1-4H3,(H,15,17). The van der Waals surface area contributed by atoms with Gasteiger partial charge in [-0.2, -0.15) is 0 Å². The average Bonchev–Trinajstić information content (AvgIpc) is 2.26. The average molecular weight is 233 g/mol. The van der Waals surface area contributed by atoms with Crippen molar-refractivity contribution >= 4 is 11.7 Å². The number of hydrogen-bond donors (Lipinski definition) is 1. The van der Waals surface area contributed by atoms with Crippen molar-refractivity contribution in [3.8, 4) is 0 Å². The van der Waals surface area contributed by atoms with Gasteiger partial charge < -0.3 is 5.32 Å². The van der Waals surface area contributed by atoms with Crippen LogP contribution in [-0.4, -0.2) is 18.2 Å². The van der Waals surface area contributed by atoms with Gasteiger partial charge in [0.1, 0.15) is 0 Å². The van der Waals surface area contributed by atoms with Gasteiger partial charge in [-0.05, 0) is 18.1 Å². The molecule has 0 aliphatic heterocycles. The van der Waals surface area contributed by atoms with Crippen LogP contribution < -0.4 is 5.32 Å². The SMILES string of the molecule is CC(=O)C(=O)NCC(C)(C)c1ccccc1C. The number of carbonyl (C=O) groups is 2. The van der Waals surface area contributed by atoms with Crippen molar-refractivity contribution in [1.82, 2.24) is 5.32 Å². The molecule has 1 N–H and O–H groups in total. The maximum atomic E-state index is 11.2. The monoisotopic (exact) mass is 233 g/mol. The van der Waals surface area contributed by atoms with E-state index in [4.69, 9.17) is 0 Å². The van der Waals surface area contributed by atoms with Gasteiger partial charge in [0.25, 0.3) is 5.91 Å². The van der Waals surface area contributed by atoms with Crippen LogP contribution in [0.25, 0.3) is 0 Å². The molecule has 1 rings (SSSR count). The summed E-state index contributed by atoms with van der Waals surface area (Å²) in [6.45, 7) is 7.88. The number of benzene rings is 1. The number of Topliss-reactive ketones (excluding diaryl/α,β-unsaturated/α-hetero) is 1. The zero-order valence-electron chi connectivity index (χ0n) is 10.8. The van der Waals surface area contributed by atoms with Crippen LogP contribution in [0, 0.1) is 6.92 Å². The van der Waals surface area contributed by atoms with Gasteiger partial charge in [-0.3, -0.25) is 9.59 Å². The van der Waals surface area contributed by atoms with Gasteiger partial charge in [-0.25, -0.2) is 0 Å². The third kappa shape index (κ3) is 3.41. The molecular formula is C14H19NO2. The predicted molar refractivity (Wildman–Crippen MR) is 67.9 cm³/mol. The van der Waals surface area contributed by atoms with Crippen LogP contribution in [0.2, 0.25) is 0 Å². The van der Waals surface area contributed by atoms with E-state index in [0.717, 1.165) is 0 Å². The zero-order chi connectivity index (χ0) is 13.1. The minimum Gasteiger partial charge on any atom is -0.349 e. The molecule has 0 heterocycles. The van der Waals surface area contributed by atoms with Gasteiger partial charge >= 0.3 is 0 Å². The second-order valence-corrected chi connectivity index (χ2v) is 4.94. The van der Waals surface area contributed by atoms with E-state index in [0.29, 0.717) is 6.54 Å². The first kappa shape index (κ1) is 13.4. The Morgan fingerprint density at radius 1 is 1.24 bits per heavy atom. The maximum absolute atomic E-state index is 11.2. The smallest absolute Gasteiger partial charge is 0.287 e. The van der Waals surface area contributed by atoms with Crippen LogP contribution in [0.1, 0.15) is 31.9 Å². The molecule has 1 amide bonds. The zero-order valence-corrected chi connectivity index (χ0v) is 10.8. The van der Waals surface area contributed by atoms with Crippen molar-refractivity contribution < 1.29 is 9.59 Å². The highest BCUT2D eigenvalue weighted by Crippen LogP contribution is 2.25. The number of ketones is 1. The lowest BCUT2D eigenvalue weighted by molar-refractivity contribution is -0.136. The molecule has 0 saturated heterocycles. The molecule has 17 heavy (non-hydrogen) atoms. The van der Waals surface area contributed by atoms with Crippen molar-refractivity contribution in [1.29, 1.82) is 0 Å². The van der Waals surface area contributed by atoms with Crippen LogP contribution >= 0.6 is 0 Å². The number of amides is 1. The predicted octanol–water partition coefficient (Wildman–Crippen LogP) is 1.98. The summed E-state index contributed by atoms with van der Waals surface area (Å²) in [7, 11) is 0. The highest BCUT2D eigenvalue weighted by atomic mass is 16.2. The molecule has 0 radical (unpaired) electrons. The molecule has 1 aromatic rings. The van der Waals surface area contributed by atoms with Gasteiger partial charge in [0.15, 0.2) is 0 Å². The Morgan fingerprint density at radius 3 is 2.35 bits per heavy atom. The van der Waals surface area contributed by atoms with Crippen molar-refractivity contribution in [2.24, 2.45) is 0 Å². The largest absolute Gasteiger partial charge is 0.349 e. The summed E-state index contributed by atoms with van der Waals surface area (Å²) in [6.07, 6.45) is 0. The maximum Gasteiger partial charge on any atom is 0.287 e. The molecular weight excluding hydrogens is 214 g/mol. The third-order valence-electron chi connectivity index (χ3n) is 2.88. The van der Waals surface area contributed by atoms with Crippen LogP contribution in [0.15, 0.2) is 24.3 Å². The first-order chi connectivity index (χ1) is 7.84. The molecule has 0 unspecified atom stereocenters. The molecule has 0 saturated carbocycles. The Bertz CT molecular complexity index is 436. The van der Waals surface area contributed by atoms with Crippen molar-refractivity contribution in [2.45, 2.75) is 33.1 Å². The van der Waals surface area contributed by atoms with E-state index in [1.165, 1.54) is 18.1 Å². The van der Waals surface area contributed by atoms with Crippen molar-refractivity contribution in [3.63, 3.8) is 0 Å². The van der Waals surface area contributed by atoms with E-state index < -0.39 is 11.7 Å². The summed E-state index contributed by atoms with van der Waals surface area (Å²) in [6, 6.07) is 8.07. The molecule has 0 spiro atoms. The van der Waals surface area contributed by atoms with Crippen molar-refractivity contribution in [2.75, 3.05) is 6.54 Å². The van der Waals surface area contributed by atoms with Gasteiger partial charge in [-0.1, -0.05) is 38.1 Å². The number of rotatable bonds is 4. The van der Waals surface area contributed by atoms with Crippen LogP contribution in [0.4, 0.5) is 0 Å². The first-order valence-electron chi connectivity index (χ1n) is 5.69. The Morgan fingerprint density at radius 2 is 1.82 bits per heavy atom. The Kier molecular flexibility index (Phi) is 4.05. The minimum atomic E-state index is -0.522. The van der Waals surface area contributed by atoms with Gasteiger partial charge in [0.05, 0.1) is 0 Å². The summed E-state index contributed by atoms with van der Waals surface area (Å²) in [5.41, 5.74) is 2.19. The molecule has 92 valence electrons. The Labute approximate surface area is 102 Å². The normalized spacial score (nSPS) is 11.1. The molecule has 1 aromatic carbocycles. The van der Waals surface area contributed by atoms with Crippen LogP contribution in [-0.2, 0) is 15.0 Å². The van der Waals surface area contributed by atoms with Gasteiger partial charge in [-0.15, -0.1) is 0 Å². The molecule has 0 atom stereocenters. The summed E-state index contributed by atoms with van der Waals surface area (Å²) in [5.74, 6) is -0.975. The molecule has 0 aliphatic carbocycles. The number of hydrogen-bond acceptors (Lipinski definition) is 2. The van der Waals surface area contributed by atoms with E-state index in [-0.39, 0.29) is 5.41 Å². The lowest BCUT2D eigenvalue weighted by Gasteiger charge is -2.27. The molecule has 0 fully saturated rings. The summed E-state index contributed by atoms with van der Waals surface area (Å²) in [4.78, 5) is 22.1. The fraction of sp³-hybridized carbons (Fsp3) is 0.429. The molecule has 0 aromatic heterocycles. The number of aryl methyl sites for hydroxylation is 1. The quantitative estimate of drug-likeness (QED) is 0.808. The highest BCUT2D eigenvalue weighted by Gasteiger charge is 2.23. The van der Waals surface area contributed by atoms with Crippen LogP contribution in [0.5, 0.6) is 0 Å². The third-order valence-corrected chi connectivity index (χ3v) is 2.88. The molecule has 3 nitrogen and oxygen atoms in total. The highest BCUT2D eigenvalue weighted by molar-refractivity contribution is 6.35. The summed E-state index contributed by atoms with van der Waals surface area (Å²) in [5, 5.41) is 2.66. The lowest BCUT2D eigenvalue weighted by atomic mass is 9.82. The second kappa shape index (κ2) is 5.13. The Balaban J connectivity index is 2.79. The molecule has 0 bridgehead atoms. The first-order valence-corrected chi connectivity index (χ1v) is 5.69. The van der Waals surface area contributed by atoms with Gasteiger partial charge in [0.2, 0.25) is 5.78 Å². The molecule has 0 aliphatic rings. The summed E-state index contributed by atoms with van der Waals surface area (Å²) < 4.78 is 0. The second-order valence-electron chi connectivity index (χ2n) is 4.94. The lowest BCUT2D eigenvalue weighted by Crippen LogP contribution is -2.39. The fourth-order valence-electron chi connectivity index (χ4n) is 1.85. The van der Waals surface area contributed by atoms with E-state index >= 15 is 0 Å². The molecule has 3 heteroatoms. The van der Waals surface area contributed by atoms with E-state index in [1.54, 1.807) is 0 Å². The van der Waals surface area contributed by atoms with Crippen molar-refractivity contribution in [3.05, 3.63) is 35.4 Å². The van der Waals surface area contributed by atoms with E-state index in [2.05, 4.69) is 25.2 Å². The number of carbonyl (C=O) groups excluding carboxylic acids is 2. The van der Waals surface area contributed by atoms with Gasteiger partial charge in [0, 0.05) is 18.9 Å². The van der Waals surface area contributed by atoms with E-state index in [9.17, 15) is 9.59 Å². The summed E-state index contributed by atoms with van der Waals surface area (Å²) >= 11 is 0. The van der Waals surface area contributed by atoms with Crippen LogP contribution in [0.3, 0.4) is 0 Å². The van der Waals surface area contributed by atoms with E-state index in [1.807, 2.05) is 25.1 Å². The topological polar surface area (TPSA) is 46.2 Å². The minimum absolute atomic E-state index is 0.184.